The van der Waals surface area contributed by atoms with E-state index in [2.05, 4.69) is 31.2 Å². The topological polar surface area (TPSA) is 18.5 Å². The van der Waals surface area contributed by atoms with Crippen molar-refractivity contribution in [2.45, 2.75) is 57.5 Å². The maximum Gasteiger partial charge on any atom is 0.119 e. The molecule has 2 nitrogen and oxygen atoms in total. The molecule has 20 heavy (non-hydrogen) atoms. The van der Waals surface area contributed by atoms with Gasteiger partial charge in [0.1, 0.15) is 12.4 Å². The van der Waals surface area contributed by atoms with Crippen molar-refractivity contribution in [3.63, 3.8) is 0 Å². The second-order valence-electron chi connectivity index (χ2n) is 6.47. The zero-order valence-corrected chi connectivity index (χ0v) is 12.5. The molecule has 1 aliphatic carbocycles. The van der Waals surface area contributed by atoms with Gasteiger partial charge in [0.05, 0.1) is 6.10 Å². The summed E-state index contributed by atoms with van der Waals surface area (Å²) in [5.41, 5.74) is 1.49. The molecule has 0 amide bonds. The van der Waals surface area contributed by atoms with Crippen molar-refractivity contribution in [3.8, 4) is 5.75 Å². The second kappa shape index (κ2) is 6.62. The van der Waals surface area contributed by atoms with Gasteiger partial charge in [0.2, 0.25) is 0 Å². The molecule has 1 aromatic carbocycles. The number of rotatable bonds is 4. The van der Waals surface area contributed by atoms with E-state index in [1.165, 1.54) is 37.7 Å². The van der Waals surface area contributed by atoms with Crippen LogP contribution in [0.15, 0.2) is 24.3 Å². The fraction of sp³-hybridized carbons (Fsp3) is 0.667. The molecule has 2 aliphatic rings. The van der Waals surface area contributed by atoms with Crippen LogP contribution in [-0.4, -0.2) is 19.3 Å². The smallest absolute Gasteiger partial charge is 0.119 e. The van der Waals surface area contributed by atoms with Gasteiger partial charge < -0.3 is 9.47 Å². The van der Waals surface area contributed by atoms with Gasteiger partial charge in [-0.3, -0.25) is 0 Å². The van der Waals surface area contributed by atoms with E-state index >= 15 is 0 Å². The number of ether oxygens (including phenoxy) is 2. The normalized spacial score (nSPS) is 30.4. The van der Waals surface area contributed by atoms with Crippen molar-refractivity contribution in [3.05, 3.63) is 29.8 Å². The van der Waals surface area contributed by atoms with Crippen LogP contribution in [0, 0.1) is 5.92 Å². The van der Waals surface area contributed by atoms with Crippen LogP contribution in [0.25, 0.3) is 0 Å². The third-order valence-electron chi connectivity index (χ3n) is 4.83. The molecule has 1 aliphatic heterocycles. The van der Waals surface area contributed by atoms with Crippen LogP contribution in [0.5, 0.6) is 5.75 Å². The maximum absolute atomic E-state index is 5.82. The first kappa shape index (κ1) is 13.9. The number of hydrogen-bond donors (Lipinski definition) is 0. The Labute approximate surface area is 122 Å². The Morgan fingerprint density at radius 2 is 1.80 bits per heavy atom. The van der Waals surface area contributed by atoms with Crippen molar-refractivity contribution in [1.29, 1.82) is 0 Å². The first-order valence-corrected chi connectivity index (χ1v) is 8.15. The van der Waals surface area contributed by atoms with Gasteiger partial charge in [0.25, 0.3) is 0 Å². The first-order chi connectivity index (χ1) is 9.81. The van der Waals surface area contributed by atoms with Gasteiger partial charge in [-0.2, -0.15) is 0 Å². The largest absolute Gasteiger partial charge is 0.491 e. The van der Waals surface area contributed by atoms with Crippen LogP contribution < -0.4 is 4.74 Å². The van der Waals surface area contributed by atoms with Crippen molar-refractivity contribution >= 4 is 0 Å². The Morgan fingerprint density at radius 1 is 1.05 bits per heavy atom. The van der Waals surface area contributed by atoms with E-state index in [0.717, 1.165) is 30.6 Å². The molecule has 1 aromatic rings. The molecule has 0 spiro atoms. The molecule has 2 heteroatoms. The van der Waals surface area contributed by atoms with Crippen molar-refractivity contribution in [2.75, 3.05) is 13.2 Å². The maximum atomic E-state index is 5.82. The molecule has 1 saturated carbocycles. The summed E-state index contributed by atoms with van der Waals surface area (Å²) in [7, 11) is 0. The van der Waals surface area contributed by atoms with E-state index in [0.29, 0.717) is 12.7 Å². The average Bonchev–Trinajstić information content (AvgIpc) is 3.00. The van der Waals surface area contributed by atoms with Crippen LogP contribution in [0.2, 0.25) is 0 Å². The molecular formula is C18H26O2. The quantitative estimate of drug-likeness (QED) is 0.802. The van der Waals surface area contributed by atoms with E-state index in [4.69, 9.17) is 9.47 Å². The Hall–Kier alpha value is -1.02. The van der Waals surface area contributed by atoms with Gasteiger partial charge in [0, 0.05) is 6.61 Å². The monoisotopic (exact) mass is 274 g/mol. The average molecular weight is 274 g/mol. The Balaban J connectivity index is 1.51. The summed E-state index contributed by atoms with van der Waals surface area (Å²) in [5, 5.41) is 0. The SMILES string of the molecule is CC1CCC(c2ccc(OCC3CCCO3)cc2)CC1. The minimum atomic E-state index is 0.300. The molecule has 0 radical (unpaired) electrons. The molecule has 0 bridgehead atoms. The van der Waals surface area contributed by atoms with Gasteiger partial charge in [0.15, 0.2) is 0 Å². The Morgan fingerprint density at radius 3 is 2.45 bits per heavy atom. The third kappa shape index (κ3) is 3.54. The van der Waals surface area contributed by atoms with Crippen LogP contribution in [0.1, 0.15) is 56.9 Å². The first-order valence-electron chi connectivity index (χ1n) is 8.15. The van der Waals surface area contributed by atoms with Crippen LogP contribution in [0.4, 0.5) is 0 Å². The van der Waals surface area contributed by atoms with Gasteiger partial charge >= 0.3 is 0 Å². The fourth-order valence-electron chi connectivity index (χ4n) is 3.39. The van der Waals surface area contributed by atoms with Crippen LogP contribution >= 0.6 is 0 Å². The lowest BCUT2D eigenvalue weighted by Crippen LogP contribution is -2.16. The summed E-state index contributed by atoms with van der Waals surface area (Å²) >= 11 is 0. The highest BCUT2D eigenvalue weighted by atomic mass is 16.5. The third-order valence-corrected chi connectivity index (χ3v) is 4.83. The van der Waals surface area contributed by atoms with E-state index in [-0.39, 0.29) is 0 Å². The van der Waals surface area contributed by atoms with Gasteiger partial charge in [-0.05, 0) is 55.2 Å². The summed E-state index contributed by atoms with van der Waals surface area (Å²) in [5.74, 6) is 2.66. The molecule has 3 rings (SSSR count). The molecule has 1 heterocycles. The molecule has 0 aromatic heterocycles. The zero-order chi connectivity index (χ0) is 13.8. The van der Waals surface area contributed by atoms with Crippen molar-refractivity contribution in [1.82, 2.24) is 0 Å². The van der Waals surface area contributed by atoms with Crippen molar-refractivity contribution in [2.24, 2.45) is 5.92 Å². The minimum Gasteiger partial charge on any atom is -0.491 e. The molecule has 2 fully saturated rings. The molecule has 110 valence electrons. The summed E-state index contributed by atoms with van der Waals surface area (Å²) in [6.07, 6.45) is 8.05. The summed E-state index contributed by atoms with van der Waals surface area (Å²) in [6.45, 7) is 3.96. The highest BCUT2D eigenvalue weighted by Crippen LogP contribution is 2.35. The predicted molar refractivity (Wildman–Crippen MR) is 81.3 cm³/mol. The molecule has 1 unspecified atom stereocenters. The minimum absolute atomic E-state index is 0.300. The van der Waals surface area contributed by atoms with Gasteiger partial charge in [-0.15, -0.1) is 0 Å². The highest BCUT2D eigenvalue weighted by Gasteiger charge is 2.20. The lowest BCUT2D eigenvalue weighted by Gasteiger charge is -2.26. The summed E-state index contributed by atoms with van der Waals surface area (Å²) in [4.78, 5) is 0. The summed E-state index contributed by atoms with van der Waals surface area (Å²) in [6, 6.07) is 8.77. The number of benzene rings is 1. The molecular weight excluding hydrogens is 248 g/mol. The van der Waals surface area contributed by atoms with Crippen LogP contribution in [0.3, 0.4) is 0 Å². The van der Waals surface area contributed by atoms with E-state index in [1.54, 1.807) is 0 Å². The lowest BCUT2D eigenvalue weighted by molar-refractivity contribution is 0.0679. The zero-order valence-electron chi connectivity index (χ0n) is 12.5. The number of hydrogen-bond acceptors (Lipinski definition) is 2. The van der Waals surface area contributed by atoms with Gasteiger partial charge in [-0.25, -0.2) is 0 Å². The fourth-order valence-corrected chi connectivity index (χ4v) is 3.39. The summed E-state index contributed by atoms with van der Waals surface area (Å²) < 4.78 is 11.4. The highest BCUT2D eigenvalue weighted by molar-refractivity contribution is 5.29. The van der Waals surface area contributed by atoms with E-state index in [9.17, 15) is 0 Å². The Bertz CT molecular complexity index is 398. The second-order valence-corrected chi connectivity index (χ2v) is 6.47. The lowest BCUT2D eigenvalue weighted by atomic mass is 9.79. The van der Waals surface area contributed by atoms with E-state index < -0.39 is 0 Å². The van der Waals surface area contributed by atoms with Gasteiger partial charge in [-0.1, -0.05) is 31.9 Å². The van der Waals surface area contributed by atoms with Crippen molar-refractivity contribution < 1.29 is 9.47 Å². The molecule has 1 atom stereocenters. The van der Waals surface area contributed by atoms with Crippen LogP contribution in [-0.2, 0) is 4.74 Å². The standard InChI is InChI=1S/C18H26O2/c1-14-4-6-15(7-5-14)16-8-10-17(11-9-16)20-13-18-3-2-12-19-18/h8-11,14-15,18H,2-7,12-13H2,1H3. The predicted octanol–water partition coefficient (Wildman–Crippen LogP) is 4.54. The Kier molecular flexibility index (Phi) is 4.62. The molecule has 1 saturated heterocycles. The van der Waals surface area contributed by atoms with E-state index in [1.807, 2.05) is 0 Å². The molecule has 0 N–H and O–H groups in total.